The van der Waals surface area contributed by atoms with Crippen LogP contribution in [0.4, 0.5) is 10.1 Å². The molecule has 124 valence electrons. The number of hydrogen-bond donors (Lipinski definition) is 1. The van der Waals surface area contributed by atoms with E-state index >= 15 is 0 Å². The fraction of sp³-hybridized carbons (Fsp3) is 0.250. The number of carbonyl (C=O) groups excluding carboxylic acids is 1. The van der Waals surface area contributed by atoms with Crippen LogP contribution in [0.15, 0.2) is 29.6 Å². The Balaban J connectivity index is 1.91. The minimum absolute atomic E-state index is 0.0931. The van der Waals surface area contributed by atoms with Crippen molar-refractivity contribution in [2.75, 3.05) is 5.32 Å². The number of rotatable bonds is 4. The largest absolute Gasteiger partial charge is 0.319 e. The lowest BCUT2D eigenvalue weighted by atomic mass is 10.0. The van der Waals surface area contributed by atoms with Crippen molar-refractivity contribution in [3.8, 4) is 5.69 Å². The standard InChI is InChI=1S/C16H16FN5OS/c1-9(2)12-6-7-24-15(12)16(23)18-14-8-11(4-5-13(14)17)22-10(3)19-20-21-22/h4-9H,1-3H3,(H,18,23). The Bertz CT molecular complexity index is 886. The van der Waals surface area contributed by atoms with Crippen molar-refractivity contribution in [1.29, 1.82) is 0 Å². The van der Waals surface area contributed by atoms with E-state index in [0.29, 0.717) is 16.4 Å². The summed E-state index contributed by atoms with van der Waals surface area (Å²) in [5, 5.41) is 15.7. The van der Waals surface area contributed by atoms with Crippen LogP contribution in [0, 0.1) is 12.7 Å². The molecule has 3 aromatic rings. The van der Waals surface area contributed by atoms with Gasteiger partial charge in [-0.1, -0.05) is 13.8 Å². The predicted octanol–water partition coefficient (Wildman–Crippen LogP) is 3.55. The summed E-state index contributed by atoms with van der Waals surface area (Å²) in [6.45, 7) is 5.77. The maximum atomic E-state index is 14.1. The summed E-state index contributed by atoms with van der Waals surface area (Å²) in [5.74, 6) is -0.0463. The van der Waals surface area contributed by atoms with Gasteiger partial charge in [-0.15, -0.1) is 16.4 Å². The summed E-state index contributed by atoms with van der Waals surface area (Å²) in [6.07, 6.45) is 0. The smallest absolute Gasteiger partial charge is 0.266 e. The van der Waals surface area contributed by atoms with E-state index < -0.39 is 5.82 Å². The molecule has 2 aromatic heterocycles. The van der Waals surface area contributed by atoms with E-state index in [4.69, 9.17) is 0 Å². The van der Waals surface area contributed by atoms with Crippen LogP contribution in [0.25, 0.3) is 5.69 Å². The monoisotopic (exact) mass is 345 g/mol. The summed E-state index contributed by atoms with van der Waals surface area (Å²) in [4.78, 5) is 13.1. The van der Waals surface area contributed by atoms with Crippen molar-refractivity contribution < 1.29 is 9.18 Å². The Labute approximate surface area is 142 Å². The first kappa shape index (κ1) is 16.3. The van der Waals surface area contributed by atoms with E-state index in [1.807, 2.05) is 25.3 Å². The van der Waals surface area contributed by atoms with Crippen molar-refractivity contribution >= 4 is 22.9 Å². The van der Waals surface area contributed by atoms with Crippen LogP contribution in [-0.4, -0.2) is 26.1 Å². The van der Waals surface area contributed by atoms with Gasteiger partial charge in [0.05, 0.1) is 16.3 Å². The van der Waals surface area contributed by atoms with E-state index in [-0.39, 0.29) is 17.5 Å². The highest BCUT2D eigenvalue weighted by molar-refractivity contribution is 7.12. The van der Waals surface area contributed by atoms with Crippen LogP contribution < -0.4 is 5.32 Å². The first-order chi connectivity index (χ1) is 11.5. The Kier molecular flexibility index (Phi) is 4.39. The highest BCUT2D eigenvalue weighted by Crippen LogP contribution is 2.26. The third kappa shape index (κ3) is 3.05. The number of hydrogen-bond acceptors (Lipinski definition) is 5. The number of tetrazole rings is 1. The first-order valence-corrected chi connectivity index (χ1v) is 8.29. The fourth-order valence-electron chi connectivity index (χ4n) is 2.35. The molecular formula is C16H16FN5OS. The number of aryl methyl sites for hydroxylation is 1. The van der Waals surface area contributed by atoms with Gasteiger partial charge in [0.25, 0.3) is 5.91 Å². The number of anilines is 1. The van der Waals surface area contributed by atoms with Gasteiger partial charge in [0.2, 0.25) is 0 Å². The third-order valence-electron chi connectivity index (χ3n) is 3.59. The predicted molar refractivity (Wildman–Crippen MR) is 90.2 cm³/mol. The summed E-state index contributed by atoms with van der Waals surface area (Å²) < 4.78 is 15.6. The van der Waals surface area contributed by atoms with E-state index in [1.165, 1.54) is 28.2 Å². The zero-order chi connectivity index (χ0) is 17.3. The van der Waals surface area contributed by atoms with Crippen molar-refractivity contribution in [3.05, 3.63) is 51.7 Å². The molecule has 6 nitrogen and oxygen atoms in total. The number of benzene rings is 1. The number of carbonyl (C=O) groups is 1. The van der Waals surface area contributed by atoms with Gasteiger partial charge in [-0.2, -0.15) is 4.68 Å². The summed E-state index contributed by atoms with van der Waals surface area (Å²) in [6, 6.07) is 6.27. The molecule has 1 N–H and O–H groups in total. The molecular weight excluding hydrogens is 329 g/mol. The molecule has 0 aliphatic heterocycles. The van der Waals surface area contributed by atoms with Gasteiger partial charge in [-0.3, -0.25) is 4.79 Å². The molecule has 24 heavy (non-hydrogen) atoms. The van der Waals surface area contributed by atoms with Crippen LogP contribution in [0.2, 0.25) is 0 Å². The molecule has 0 fully saturated rings. The van der Waals surface area contributed by atoms with Crippen LogP contribution in [0.1, 0.15) is 40.8 Å². The highest BCUT2D eigenvalue weighted by atomic mass is 32.1. The Morgan fingerprint density at radius 1 is 1.33 bits per heavy atom. The SMILES string of the molecule is Cc1nnnn1-c1ccc(F)c(NC(=O)c2sccc2C(C)C)c1. The average Bonchev–Trinajstić information content (AvgIpc) is 3.18. The molecule has 2 heterocycles. The van der Waals surface area contributed by atoms with Crippen LogP contribution in [0.5, 0.6) is 0 Å². The summed E-state index contributed by atoms with van der Waals surface area (Å²) >= 11 is 1.34. The molecule has 0 saturated heterocycles. The minimum atomic E-state index is -0.513. The maximum Gasteiger partial charge on any atom is 0.266 e. The number of amides is 1. The van der Waals surface area contributed by atoms with Crippen LogP contribution in [-0.2, 0) is 0 Å². The lowest BCUT2D eigenvalue weighted by molar-refractivity contribution is 0.102. The average molecular weight is 345 g/mol. The maximum absolute atomic E-state index is 14.1. The molecule has 0 unspecified atom stereocenters. The Morgan fingerprint density at radius 2 is 2.12 bits per heavy atom. The molecule has 0 bridgehead atoms. The van der Waals surface area contributed by atoms with E-state index in [1.54, 1.807) is 13.0 Å². The summed E-state index contributed by atoms with van der Waals surface area (Å²) in [5.41, 5.74) is 1.62. The van der Waals surface area contributed by atoms with E-state index in [2.05, 4.69) is 20.8 Å². The zero-order valence-corrected chi connectivity index (χ0v) is 14.3. The minimum Gasteiger partial charge on any atom is -0.319 e. The zero-order valence-electron chi connectivity index (χ0n) is 13.4. The third-order valence-corrected chi connectivity index (χ3v) is 4.52. The van der Waals surface area contributed by atoms with Gasteiger partial charge in [0.1, 0.15) is 5.82 Å². The Morgan fingerprint density at radius 3 is 2.79 bits per heavy atom. The van der Waals surface area contributed by atoms with E-state index in [9.17, 15) is 9.18 Å². The lowest BCUT2D eigenvalue weighted by Gasteiger charge is -2.10. The van der Waals surface area contributed by atoms with E-state index in [0.717, 1.165) is 5.56 Å². The Hall–Kier alpha value is -2.61. The lowest BCUT2D eigenvalue weighted by Crippen LogP contribution is -2.14. The number of nitrogens with zero attached hydrogens (tertiary/aromatic N) is 4. The second-order valence-electron chi connectivity index (χ2n) is 5.62. The van der Waals surface area contributed by atoms with Gasteiger partial charge in [0, 0.05) is 0 Å². The van der Waals surface area contributed by atoms with Crippen molar-refractivity contribution in [1.82, 2.24) is 20.2 Å². The van der Waals surface area contributed by atoms with Gasteiger partial charge in [-0.05, 0) is 58.5 Å². The molecule has 1 aromatic carbocycles. The van der Waals surface area contributed by atoms with Gasteiger partial charge in [0.15, 0.2) is 5.82 Å². The number of nitrogens with one attached hydrogen (secondary N) is 1. The fourth-order valence-corrected chi connectivity index (χ4v) is 3.30. The number of halogens is 1. The first-order valence-electron chi connectivity index (χ1n) is 7.41. The quantitative estimate of drug-likeness (QED) is 0.785. The number of aromatic nitrogens is 4. The summed E-state index contributed by atoms with van der Waals surface area (Å²) in [7, 11) is 0. The topological polar surface area (TPSA) is 72.7 Å². The second-order valence-corrected chi connectivity index (χ2v) is 6.53. The number of thiophene rings is 1. The molecule has 3 rings (SSSR count). The molecule has 0 aliphatic rings. The van der Waals surface area contributed by atoms with Gasteiger partial charge < -0.3 is 5.32 Å². The molecule has 1 amide bonds. The second kappa shape index (κ2) is 6.48. The normalized spacial score (nSPS) is 11.0. The molecule has 0 radical (unpaired) electrons. The van der Waals surface area contributed by atoms with Crippen molar-refractivity contribution in [2.24, 2.45) is 0 Å². The van der Waals surface area contributed by atoms with Crippen LogP contribution >= 0.6 is 11.3 Å². The van der Waals surface area contributed by atoms with Gasteiger partial charge >= 0.3 is 0 Å². The van der Waals surface area contributed by atoms with Crippen molar-refractivity contribution in [2.45, 2.75) is 26.7 Å². The molecule has 0 spiro atoms. The molecule has 8 heteroatoms. The molecule has 0 saturated carbocycles. The molecule has 0 aliphatic carbocycles. The van der Waals surface area contributed by atoms with Gasteiger partial charge in [-0.25, -0.2) is 4.39 Å². The molecule has 0 atom stereocenters. The van der Waals surface area contributed by atoms with Crippen molar-refractivity contribution in [3.63, 3.8) is 0 Å². The van der Waals surface area contributed by atoms with Crippen LogP contribution in [0.3, 0.4) is 0 Å². The highest BCUT2D eigenvalue weighted by Gasteiger charge is 2.17.